The average Bonchev–Trinajstić information content (AvgIpc) is 2.74. The fraction of sp³-hybridized carbons (Fsp3) is 0.143. The topological polar surface area (TPSA) is 107 Å². The molecule has 0 aliphatic rings. The third-order valence-corrected chi connectivity index (χ3v) is 7.87. The van der Waals surface area contributed by atoms with Gasteiger partial charge in [-0.25, -0.2) is 9.59 Å². The second kappa shape index (κ2) is 10.4. The fourth-order valence-corrected chi connectivity index (χ4v) is 7.21. The standard InChI is InChI=1S/C21H13F2I3O7S/c1-10(21(22,23)34(29,30)31)32-19(27)14-6-2-5-13-12(14)4-3-7-15(13)20(28)33-18-16(25)8-11(24)9-17(18)26/h2-10H,1H3,(H,29,30,31). The minimum Gasteiger partial charge on any atom is -0.451 e. The van der Waals surface area contributed by atoms with E-state index in [0.29, 0.717) is 18.1 Å². The molecule has 13 heteroatoms. The third-order valence-electron chi connectivity index (χ3n) is 4.62. The van der Waals surface area contributed by atoms with E-state index in [1.165, 1.54) is 30.3 Å². The van der Waals surface area contributed by atoms with Crippen molar-refractivity contribution in [3.8, 4) is 5.75 Å². The van der Waals surface area contributed by atoms with E-state index in [-0.39, 0.29) is 16.5 Å². The van der Waals surface area contributed by atoms with Gasteiger partial charge >= 0.3 is 27.3 Å². The van der Waals surface area contributed by atoms with Crippen LogP contribution in [-0.4, -0.2) is 36.3 Å². The summed E-state index contributed by atoms with van der Waals surface area (Å²) in [7, 11) is -5.80. The molecule has 0 saturated heterocycles. The van der Waals surface area contributed by atoms with Crippen molar-refractivity contribution < 1.29 is 40.8 Å². The van der Waals surface area contributed by atoms with Crippen LogP contribution in [-0.2, 0) is 14.9 Å². The lowest BCUT2D eigenvalue weighted by Gasteiger charge is -2.21. The van der Waals surface area contributed by atoms with Crippen LogP contribution in [0.5, 0.6) is 5.75 Å². The maximum Gasteiger partial charge on any atom is 0.405 e. The number of halogens is 5. The number of carbonyl (C=O) groups excluding carboxylic acids is 2. The second-order valence-corrected chi connectivity index (χ2v) is 11.9. The summed E-state index contributed by atoms with van der Waals surface area (Å²) in [6.07, 6.45) is -2.47. The van der Waals surface area contributed by atoms with Crippen molar-refractivity contribution in [1.82, 2.24) is 0 Å². The molecule has 7 nitrogen and oxygen atoms in total. The number of hydrogen-bond acceptors (Lipinski definition) is 6. The van der Waals surface area contributed by atoms with Gasteiger partial charge in [-0.2, -0.15) is 17.2 Å². The van der Waals surface area contributed by atoms with Crippen molar-refractivity contribution in [3.05, 3.63) is 70.4 Å². The minimum absolute atomic E-state index is 0.119. The molecule has 0 bridgehead atoms. The second-order valence-electron chi connectivity index (χ2n) is 6.88. The molecular formula is C21H13F2I3O7S. The first-order valence-electron chi connectivity index (χ1n) is 9.18. The van der Waals surface area contributed by atoms with Crippen molar-refractivity contribution >= 4 is 101 Å². The van der Waals surface area contributed by atoms with Crippen molar-refractivity contribution in [2.24, 2.45) is 0 Å². The third kappa shape index (κ3) is 5.62. The maximum atomic E-state index is 13.8. The van der Waals surface area contributed by atoms with Crippen LogP contribution in [0.1, 0.15) is 27.6 Å². The molecule has 0 spiro atoms. The zero-order chi connectivity index (χ0) is 25.4. The van der Waals surface area contributed by atoms with Gasteiger partial charge in [0.15, 0.2) is 11.9 Å². The van der Waals surface area contributed by atoms with Crippen molar-refractivity contribution in [1.29, 1.82) is 0 Å². The van der Waals surface area contributed by atoms with E-state index >= 15 is 0 Å². The Balaban J connectivity index is 1.97. The van der Waals surface area contributed by atoms with E-state index in [0.717, 1.165) is 10.7 Å². The zero-order valence-corrected chi connectivity index (χ0v) is 24.2. The Morgan fingerprint density at radius 1 is 0.941 bits per heavy atom. The molecule has 3 rings (SSSR count). The van der Waals surface area contributed by atoms with Crippen LogP contribution in [0, 0.1) is 10.7 Å². The molecule has 1 N–H and O–H groups in total. The lowest BCUT2D eigenvalue weighted by molar-refractivity contribution is -0.0548. The first-order valence-corrected chi connectivity index (χ1v) is 13.9. The van der Waals surface area contributed by atoms with Gasteiger partial charge in [0.05, 0.1) is 18.3 Å². The molecule has 3 aromatic carbocycles. The summed E-state index contributed by atoms with van der Waals surface area (Å²) in [6.45, 7) is 0.643. The molecule has 1 unspecified atom stereocenters. The molecule has 0 aliphatic carbocycles. The van der Waals surface area contributed by atoms with Gasteiger partial charge in [0, 0.05) is 3.57 Å². The number of esters is 2. The highest BCUT2D eigenvalue weighted by Gasteiger charge is 2.52. The highest BCUT2D eigenvalue weighted by atomic mass is 127. The van der Waals surface area contributed by atoms with Gasteiger partial charge in [-0.15, -0.1) is 0 Å². The van der Waals surface area contributed by atoms with E-state index in [1.54, 1.807) is 6.07 Å². The van der Waals surface area contributed by atoms with Gasteiger partial charge in [0.25, 0.3) is 0 Å². The number of hydrogen-bond donors (Lipinski definition) is 1. The van der Waals surface area contributed by atoms with Crippen LogP contribution >= 0.6 is 67.8 Å². The summed E-state index contributed by atoms with van der Waals surface area (Å²) in [5.41, 5.74) is -0.0582. The molecule has 0 aliphatic heterocycles. The molecule has 0 radical (unpaired) electrons. The molecule has 0 heterocycles. The molecule has 1 atom stereocenters. The molecule has 0 fully saturated rings. The molecule has 0 saturated carbocycles. The van der Waals surface area contributed by atoms with Gasteiger partial charge in [-0.3, -0.25) is 4.55 Å². The van der Waals surface area contributed by atoms with E-state index < -0.39 is 33.4 Å². The van der Waals surface area contributed by atoms with Crippen molar-refractivity contribution in [3.63, 3.8) is 0 Å². The number of rotatable bonds is 6. The summed E-state index contributed by atoms with van der Waals surface area (Å²) in [5.74, 6) is -1.58. The fourth-order valence-electron chi connectivity index (χ4n) is 2.94. The summed E-state index contributed by atoms with van der Waals surface area (Å²) >= 11 is 6.24. The van der Waals surface area contributed by atoms with E-state index in [1.807, 2.05) is 57.3 Å². The van der Waals surface area contributed by atoms with E-state index in [9.17, 15) is 26.8 Å². The molecule has 3 aromatic rings. The normalized spacial score (nSPS) is 12.9. The predicted molar refractivity (Wildman–Crippen MR) is 145 cm³/mol. The van der Waals surface area contributed by atoms with E-state index in [4.69, 9.17) is 9.29 Å². The summed E-state index contributed by atoms with van der Waals surface area (Å²) in [6, 6.07) is 12.4. The molecule has 0 aromatic heterocycles. The zero-order valence-electron chi connectivity index (χ0n) is 16.9. The summed E-state index contributed by atoms with van der Waals surface area (Å²) < 4.78 is 70.8. The SMILES string of the molecule is CC(OC(=O)c1cccc2c(C(=O)Oc3c(I)cc(I)cc3I)cccc12)C(F)(F)S(=O)(=O)O. The Kier molecular flexibility index (Phi) is 8.41. The van der Waals surface area contributed by atoms with Gasteiger partial charge < -0.3 is 9.47 Å². The van der Waals surface area contributed by atoms with Crippen LogP contribution in [0.4, 0.5) is 8.78 Å². The number of alkyl halides is 2. The Morgan fingerprint density at radius 2 is 1.41 bits per heavy atom. The van der Waals surface area contributed by atoms with Crippen molar-refractivity contribution in [2.75, 3.05) is 0 Å². The molecule has 0 amide bonds. The first kappa shape index (κ1) is 27.4. The Morgan fingerprint density at radius 3 is 1.88 bits per heavy atom. The molecule has 180 valence electrons. The van der Waals surface area contributed by atoms with Crippen LogP contribution in [0.2, 0.25) is 0 Å². The Hall–Kier alpha value is -1.18. The highest BCUT2D eigenvalue weighted by Crippen LogP contribution is 2.32. The summed E-state index contributed by atoms with van der Waals surface area (Å²) in [4.78, 5) is 25.6. The first-order chi connectivity index (χ1) is 15.7. The van der Waals surface area contributed by atoms with Crippen LogP contribution < -0.4 is 4.74 Å². The van der Waals surface area contributed by atoms with E-state index in [2.05, 4.69) is 27.3 Å². The van der Waals surface area contributed by atoms with Crippen LogP contribution in [0.15, 0.2) is 48.5 Å². The number of benzene rings is 3. The molecule has 34 heavy (non-hydrogen) atoms. The monoisotopic (exact) mass is 828 g/mol. The lowest BCUT2D eigenvalue weighted by Crippen LogP contribution is -2.42. The lowest BCUT2D eigenvalue weighted by atomic mass is 10.00. The van der Waals surface area contributed by atoms with Gasteiger partial charge in [-0.1, -0.05) is 24.3 Å². The van der Waals surface area contributed by atoms with Gasteiger partial charge in [-0.05, 0) is 110 Å². The number of fused-ring (bicyclic) bond motifs is 1. The largest absolute Gasteiger partial charge is 0.451 e. The van der Waals surface area contributed by atoms with Gasteiger partial charge in [0.1, 0.15) is 0 Å². The van der Waals surface area contributed by atoms with Gasteiger partial charge in [0.2, 0.25) is 0 Å². The van der Waals surface area contributed by atoms with Crippen LogP contribution in [0.25, 0.3) is 10.8 Å². The summed E-state index contributed by atoms with van der Waals surface area (Å²) in [5, 5.41) is -4.20. The smallest absolute Gasteiger partial charge is 0.405 e. The highest BCUT2D eigenvalue weighted by molar-refractivity contribution is 14.1. The quantitative estimate of drug-likeness (QED) is 0.143. The average molecular weight is 828 g/mol. The Labute approximate surface area is 233 Å². The van der Waals surface area contributed by atoms with Crippen LogP contribution in [0.3, 0.4) is 0 Å². The minimum atomic E-state index is -5.80. The predicted octanol–water partition coefficient (Wildman–Crippen LogP) is 5.90. The van der Waals surface area contributed by atoms with Crippen molar-refractivity contribution in [2.45, 2.75) is 18.3 Å². The maximum absolute atomic E-state index is 13.8. The number of carbonyl (C=O) groups is 2. The number of ether oxygens (including phenoxy) is 2. The Bertz CT molecular complexity index is 1390. The molecular weight excluding hydrogens is 815 g/mol.